The summed E-state index contributed by atoms with van der Waals surface area (Å²) in [4.78, 5) is 0. The van der Waals surface area contributed by atoms with E-state index in [9.17, 15) is 0 Å². The van der Waals surface area contributed by atoms with Gasteiger partial charge in [0.05, 0.1) is 0 Å². The van der Waals surface area contributed by atoms with E-state index in [0.29, 0.717) is 0 Å². The SMILES string of the molecule is CCc1cc(-c2ccc(Br)cc2)ccc1Oc1ccc(-c2ccc(Br)cc2)cc1CC. The average molecular weight is 536 g/mol. The van der Waals surface area contributed by atoms with Crippen LogP contribution in [-0.2, 0) is 12.8 Å². The zero-order valence-electron chi connectivity index (χ0n) is 17.7. The van der Waals surface area contributed by atoms with Gasteiger partial charge in [-0.1, -0.05) is 82.1 Å². The van der Waals surface area contributed by atoms with Gasteiger partial charge < -0.3 is 4.74 Å². The number of hydrogen-bond donors (Lipinski definition) is 0. The number of halogens is 2. The molecule has 0 spiro atoms. The minimum atomic E-state index is 0.915. The molecular formula is C28H24Br2O. The maximum absolute atomic E-state index is 6.43. The second-order valence-electron chi connectivity index (χ2n) is 7.47. The Morgan fingerprint density at radius 2 is 0.871 bits per heavy atom. The minimum absolute atomic E-state index is 0.915. The van der Waals surface area contributed by atoms with Gasteiger partial charge in [0.15, 0.2) is 0 Å². The Kier molecular flexibility index (Phi) is 6.94. The van der Waals surface area contributed by atoms with Crippen LogP contribution in [0.4, 0.5) is 0 Å². The summed E-state index contributed by atoms with van der Waals surface area (Å²) >= 11 is 7.02. The summed E-state index contributed by atoms with van der Waals surface area (Å²) in [6, 6.07) is 29.8. The minimum Gasteiger partial charge on any atom is -0.457 e. The van der Waals surface area contributed by atoms with Crippen molar-refractivity contribution in [2.45, 2.75) is 26.7 Å². The van der Waals surface area contributed by atoms with E-state index in [1.807, 2.05) is 0 Å². The fraction of sp³-hybridized carbons (Fsp3) is 0.143. The van der Waals surface area contributed by atoms with Crippen molar-refractivity contribution in [1.82, 2.24) is 0 Å². The van der Waals surface area contributed by atoms with Crippen LogP contribution in [0, 0.1) is 0 Å². The van der Waals surface area contributed by atoms with E-state index in [4.69, 9.17) is 4.74 Å². The molecule has 31 heavy (non-hydrogen) atoms. The van der Waals surface area contributed by atoms with E-state index < -0.39 is 0 Å². The van der Waals surface area contributed by atoms with Crippen molar-refractivity contribution in [3.63, 3.8) is 0 Å². The van der Waals surface area contributed by atoms with Gasteiger partial charge in [-0.05, 0) is 94.8 Å². The molecule has 0 N–H and O–H groups in total. The highest BCUT2D eigenvalue weighted by atomic mass is 79.9. The van der Waals surface area contributed by atoms with E-state index in [-0.39, 0.29) is 0 Å². The fourth-order valence-corrected chi connectivity index (χ4v) is 4.20. The smallest absolute Gasteiger partial charge is 0.130 e. The van der Waals surface area contributed by atoms with Crippen molar-refractivity contribution in [3.05, 3.63) is 105 Å². The molecule has 1 nitrogen and oxygen atoms in total. The molecule has 4 rings (SSSR count). The highest BCUT2D eigenvalue weighted by Crippen LogP contribution is 2.34. The second kappa shape index (κ2) is 9.84. The van der Waals surface area contributed by atoms with Gasteiger partial charge in [0.25, 0.3) is 0 Å². The summed E-state index contributed by atoms with van der Waals surface area (Å²) in [7, 11) is 0. The molecule has 4 aromatic carbocycles. The molecule has 0 bridgehead atoms. The van der Waals surface area contributed by atoms with Crippen molar-refractivity contribution in [2.75, 3.05) is 0 Å². The molecule has 0 heterocycles. The summed E-state index contributed by atoms with van der Waals surface area (Å²) in [5.74, 6) is 1.85. The van der Waals surface area contributed by atoms with Crippen molar-refractivity contribution < 1.29 is 4.74 Å². The Hall–Kier alpha value is -2.36. The summed E-state index contributed by atoms with van der Waals surface area (Å²) in [6.45, 7) is 4.34. The van der Waals surface area contributed by atoms with Crippen molar-refractivity contribution >= 4 is 31.9 Å². The van der Waals surface area contributed by atoms with Crippen LogP contribution in [-0.4, -0.2) is 0 Å². The van der Waals surface area contributed by atoms with Gasteiger partial charge in [0, 0.05) is 8.95 Å². The Bertz CT molecular complexity index is 1080. The van der Waals surface area contributed by atoms with Crippen LogP contribution in [0.1, 0.15) is 25.0 Å². The van der Waals surface area contributed by atoms with E-state index in [0.717, 1.165) is 33.3 Å². The largest absolute Gasteiger partial charge is 0.457 e. The molecule has 0 fully saturated rings. The molecule has 0 saturated heterocycles. The molecule has 0 radical (unpaired) electrons. The van der Waals surface area contributed by atoms with Crippen molar-refractivity contribution in [2.24, 2.45) is 0 Å². The first-order chi connectivity index (χ1) is 15.1. The van der Waals surface area contributed by atoms with E-state index in [2.05, 4.69) is 131 Å². The molecule has 0 atom stereocenters. The van der Waals surface area contributed by atoms with Crippen LogP contribution in [0.5, 0.6) is 11.5 Å². The summed E-state index contributed by atoms with van der Waals surface area (Å²) in [5.41, 5.74) is 7.24. The lowest BCUT2D eigenvalue weighted by atomic mass is 10.0. The Morgan fingerprint density at radius 1 is 0.516 bits per heavy atom. The molecular weight excluding hydrogens is 512 g/mol. The van der Waals surface area contributed by atoms with E-state index in [1.165, 1.54) is 33.4 Å². The lowest BCUT2D eigenvalue weighted by Crippen LogP contribution is -1.95. The normalized spacial score (nSPS) is 10.8. The molecule has 3 heteroatoms. The summed E-state index contributed by atoms with van der Waals surface area (Å²) in [5, 5.41) is 0. The zero-order valence-corrected chi connectivity index (χ0v) is 20.8. The monoisotopic (exact) mass is 534 g/mol. The third-order valence-electron chi connectivity index (χ3n) is 5.46. The van der Waals surface area contributed by atoms with Gasteiger partial charge in [0.2, 0.25) is 0 Å². The molecule has 156 valence electrons. The standard InChI is InChI=1S/C28H24Br2O/c1-3-19-17-23(21-5-11-25(29)12-6-21)9-15-27(19)31-28-16-10-24(18-20(28)4-2)22-7-13-26(30)14-8-22/h5-18H,3-4H2,1-2H3. The molecule has 0 aromatic heterocycles. The number of rotatable bonds is 6. The van der Waals surface area contributed by atoms with Crippen LogP contribution in [0.25, 0.3) is 22.3 Å². The average Bonchev–Trinajstić information content (AvgIpc) is 2.80. The first-order valence-electron chi connectivity index (χ1n) is 10.5. The van der Waals surface area contributed by atoms with Crippen LogP contribution in [0.3, 0.4) is 0 Å². The molecule has 0 saturated carbocycles. The Labute approximate surface area is 201 Å². The van der Waals surface area contributed by atoms with Gasteiger partial charge in [0.1, 0.15) is 11.5 Å². The van der Waals surface area contributed by atoms with Crippen LogP contribution >= 0.6 is 31.9 Å². The van der Waals surface area contributed by atoms with Gasteiger partial charge >= 0.3 is 0 Å². The number of benzene rings is 4. The van der Waals surface area contributed by atoms with Gasteiger partial charge in [-0.3, -0.25) is 0 Å². The summed E-state index contributed by atoms with van der Waals surface area (Å²) < 4.78 is 8.60. The number of aryl methyl sites for hydroxylation is 2. The summed E-state index contributed by atoms with van der Waals surface area (Å²) in [6.07, 6.45) is 1.83. The number of hydrogen-bond acceptors (Lipinski definition) is 1. The second-order valence-corrected chi connectivity index (χ2v) is 9.30. The van der Waals surface area contributed by atoms with Crippen LogP contribution in [0.2, 0.25) is 0 Å². The third kappa shape index (κ3) is 5.11. The first kappa shape index (κ1) is 21.9. The predicted molar refractivity (Wildman–Crippen MR) is 138 cm³/mol. The molecule has 4 aromatic rings. The quantitative estimate of drug-likeness (QED) is 0.239. The van der Waals surface area contributed by atoms with Gasteiger partial charge in [-0.2, -0.15) is 0 Å². The van der Waals surface area contributed by atoms with Gasteiger partial charge in [-0.15, -0.1) is 0 Å². The Morgan fingerprint density at radius 3 is 1.23 bits per heavy atom. The van der Waals surface area contributed by atoms with Crippen molar-refractivity contribution in [3.8, 4) is 33.8 Å². The zero-order chi connectivity index (χ0) is 21.8. The maximum Gasteiger partial charge on any atom is 0.130 e. The lowest BCUT2D eigenvalue weighted by Gasteiger charge is -2.16. The molecule has 0 aliphatic carbocycles. The predicted octanol–water partition coefficient (Wildman–Crippen LogP) is 9.46. The maximum atomic E-state index is 6.43. The number of ether oxygens (including phenoxy) is 1. The van der Waals surface area contributed by atoms with E-state index in [1.54, 1.807) is 0 Å². The van der Waals surface area contributed by atoms with Crippen LogP contribution in [0.15, 0.2) is 93.9 Å². The Balaban J connectivity index is 1.63. The van der Waals surface area contributed by atoms with Crippen molar-refractivity contribution in [1.29, 1.82) is 0 Å². The fourth-order valence-electron chi connectivity index (χ4n) is 3.67. The van der Waals surface area contributed by atoms with Gasteiger partial charge in [-0.25, -0.2) is 0 Å². The highest BCUT2D eigenvalue weighted by molar-refractivity contribution is 9.10. The third-order valence-corrected chi connectivity index (χ3v) is 6.52. The molecule has 0 unspecified atom stereocenters. The van der Waals surface area contributed by atoms with E-state index >= 15 is 0 Å². The topological polar surface area (TPSA) is 9.23 Å². The molecule has 0 aliphatic rings. The molecule has 0 aliphatic heterocycles. The highest BCUT2D eigenvalue weighted by Gasteiger charge is 2.11. The van der Waals surface area contributed by atoms with Crippen LogP contribution < -0.4 is 4.74 Å². The first-order valence-corrected chi connectivity index (χ1v) is 12.1. The lowest BCUT2D eigenvalue weighted by molar-refractivity contribution is 0.471. The molecule has 0 amide bonds.